The van der Waals surface area contributed by atoms with Gasteiger partial charge in [0.25, 0.3) is 5.91 Å². The third-order valence-corrected chi connectivity index (χ3v) is 7.82. The number of amides is 2. The summed E-state index contributed by atoms with van der Waals surface area (Å²) in [5.41, 5.74) is 2.99. The number of carbonyl (C=O) groups is 3. The van der Waals surface area contributed by atoms with Gasteiger partial charge in [-0.3, -0.25) is 14.9 Å². The second-order valence-electron chi connectivity index (χ2n) is 10.1. The zero-order valence-electron chi connectivity index (χ0n) is 21.5. The molecular formula is C31H33N3O4. The van der Waals surface area contributed by atoms with E-state index in [2.05, 4.69) is 5.32 Å². The second kappa shape index (κ2) is 10.8. The number of hydrogen-bond acceptors (Lipinski definition) is 4. The third-order valence-electron chi connectivity index (χ3n) is 7.82. The van der Waals surface area contributed by atoms with Gasteiger partial charge < -0.3 is 14.9 Å². The van der Waals surface area contributed by atoms with Crippen LogP contribution in [0.25, 0.3) is 11.1 Å². The summed E-state index contributed by atoms with van der Waals surface area (Å²) >= 11 is 0. The number of likely N-dealkylation sites (tertiary alicyclic amines) is 1. The van der Waals surface area contributed by atoms with Crippen LogP contribution in [0.5, 0.6) is 0 Å². The van der Waals surface area contributed by atoms with Crippen molar-refractivity contribution in [1.29, 1.82) is 0 Å². The van der Waals surface area contributed by atoms with Crippen LogP contribution in [-0.4, -0.2) is 63.5 Å². The monoisotopic (exact) mass is 511 g/mol. The number of piperidine rings is 1. The molecule has 0 aromatic heterocycles. The molecule has 38 heavy (non-hydrogen) atoms. The summed E-state index contributed by atoms with van der Waals surface area (Å²) in [7, 11) is 0. The fourth-order valence-corrected chi connectivity index (χ4v) is 5.83. The number of hydrogen-bond donors (Lipinski definition) is 2. The molecule has 1 spiro atoms. The molecule has 5 rings (SSSR count). The minimum atomic E-state index is -1.00. The van der Waals surface area contributed by atoms with Crippen molar-refractivity contribution < 1.29 is 19.5 Å². The Balaban J connectivity index is 1.32. The molecule has 2 N–H and O–H groups in total. The van der Waals surface area contributed by atoms with Crippen molar-refractivity contribution in [2.45, 2.75) is 50.4 Å². The molecule has 0 bridgehead atoms. The van der Waals surface area contributed by atoms with Gasteiger partial charge in [-0.15, -0.1) is 0 Å². The van der Waals surface area contributed by atoms with Crippen molar-refractivity contribution >= 4 is 17.8 Å². The van der Waals surface area contributed by atoms with E-state index in [9.17, 15) is 19.5 Å². The molecule has 2 atom stereocenters. The molecule has 3 aromatic carbocycles. The van der Waals surface area contributed by atoms with Crippen LogP contribution in [0.1, 0.15) is 42.1 Å². The Labute approximate surface area is 223 Å². The van der Waals surface area contributed by atoms with Gasteiger partial charge in [0.05, 0.1) is 11.7 Å². The van der Waals surface area contributed by atoms with Crippen LogP contribution in [0, 0.1) is 0 Å². The number of rotatable bonds is 7. The van der Waals surface area contributed by atoms with Crippen molar-refractivity contribution in [3.05, 3.63) is 96.1 Å². The number of benzene rings is 3. The second-order valence-corrected chi connectivity index (χ2v) is 10.1. The van der Waals surface area contributed by atoms with E-state index in [1.54, 1.807) is 16.7 Å². The van der Waals surface area contributed by atoms with Crippen LogP contribution >= 0.6 is 0 Å². The largest absolute Gasteiger partial charge is 0.480 e. The van der Waals surface area contributed by atoms with E-state index in [0.29, 0.717) is 44.3 Å². The first-order valence-corrected chi connectivity index (χ1v) is 13.2. The van der Waals surface area contributed by atoms with E-state index >= 15 is 0 Å². The Morgan fingerprint density at radius 2 is 1.50 bits per heavy atom. The highest BCUT2D eigenvalue weighted by molar-refractivity contribution is 5.95. The van der Waals surface area contributed by atoms with Gasteiger partial charge in [0.15, 0.2) is 0 Å². The van der Waals surface area contributed by atoms with Crippen LogP contribution in [-0.2, 0) is 16.0 Å². The lowest BCUT2D eigenvalue weighted by Crippen LogP contribution is -2.63. The fraction of sp³-hybridized carbons (Fsp3) is 0.323. The summed E-state index contributed by atoms with van der Waals surface area (Å²) < 4.78 is 0. The fourth-order valence-electron chi connectivity index (χ4n) is 5.83. The summed E-state index contributed by atoms with van der Waals surface area (Å²) in [6, 6.07) is 26.0. The zero-order valence-corrected chi connectivity index (χ0v) is 21.5. The normalized spacial score (nSPS) is 19.5. The lowest BCUT2D eigenvalue weighted by molar-refractivity contribution is -0.154. The van der Waals surface area contributed by atoms with Gasteiger partial charge in [-0.1, -0.05) is 79.7 Å². The predicted molar refractivity (Wildman–Crippen MR) is 145 cm³/mol. The van der Waals surface area contributed by atoms with Gasteiger partial charge in [-0.05, 0) is 41.7 Å². The molecular weight excluding hydrogens is 478 g/mol. The Morgan fingerprint density at radius 1 is 0.921 bits per heavy atom. The van der Waals surface area contributed by atoms with Gasteiger partial charge in [-0.2, -0.15) is 0 Å². The van der Waals surface area contributed by atoms with E-state index in [1.807, 2.05) is 84.9 Å². The summed E-state index contributed by atoms with van der Waals surface area (Å²) in [6.45, 7) is 2.66. The smallest absolute Gasteiger partial charge is 0.326 e. The summed E-state index contributed by atoms with van der Waals surface area (Å²) in [5.74, 6) is -1.24. The first-order chi connectivity index (χ1) is 18.4. The molecule has 0 radical (unpaired) electrons. The Hall–Kier alpha value is -3.97. The molecule has 3 aromatic rings. The standard InChI is InChI=1S/C31H33N3O4/c1-2-27(30(37)38)34-29(36)26(21-22-9-5-3-6-10-22)32-31(34)17-19-33(20-18-31)28(35)25-15-13-24(14-16-25)23-11-7-4-8-12-23/h3-16,26-27,32H,2,17-21H2,1H3,(H,37,38). The first-order valence-electron chi connectivity index (χ1n) is 13.2. The van der Waals surface area contributed by atoms with Gasteiger partial charge >= 0.3 is 5.97 Å². The first kappa shape index (κ1) is 25.7. The summed E-state index contributed by atoms with van der Waals surface area (Å²) in [6.07, 6.45) is 1.76. The number of carbonyl (C=O) groups excluding carboxylic acids is 2. The van der Waals surface area contributed by atoms with Gasteiger partial charge in [0, 0.05) is 31.5 Å². The molecule has 2 fully saturated rings. The zero-order chi connectivity index (χ0) is 26.7. The van der Waals surface area contributed by atoms with Gasteiger partial charge in [-0.25, -0.2) is 4.79 Å². The molecule has 7 heteroatoms. The average molecular weight is 512 g/mol. The van der Waals surface area contributed by atoms with E-state index in [1.165, 1.54) is 0 Å². The molecule has 2 heterocycles. The Kier molecular flexibility index (Phi) is 7.29. The lowest BCUT2D eigenvalue weighted by Gasteiger charge is -2.46. The molecule has 2 unspecified atom stereocenters. The number of aliphatic carboxylic acids is 1. The van der Waals surface area contributed by atoms with Crippen LogP contribution in [0.2, 0.25) is 0 Å². The highest BCUT2D eigenvalue weighted by Gasteiger charge is 2.55. The number of carboxylic acids is 1. The average Bonchev–Trinajstić information content (AvgIpc) is 3.20. The van der Waals surface area contributed by atoms with Crippen LogP contribution < -0.4 is 5.32 Å². The van der Waals surface area contributed by atoms with Gasteiger partial charge in [0.1, 0.15) is 6.04 Å². The van der Waals surface area contributed by atoms with Crippen molar-refractivity contribution in [1.82, 2.24) is 15.1 Å². The highest BCUT2D eigenvalue weighted by Crippen LogP contribution is 2.36. The van der Waals surface area contributed by atoms with Crippen LogP contribution in [0.3, 0.4) is 0 Å². The maximum absolute atomic E-state index is 13.6. The number of nitrogens with zero attached hydrogens (tertiary/aromatic N) is 2. The molecule has 196 valence electrons. The van der Waals surface area contributed by atoms with Gasteiger partial charge in [0.2, 0.25) is 5.91 Å². The molecule has 2 aliphatic heterocycles. The molecule has 0 aliphatic carbocycles. The Morgan fingerprint density at radius 3 is 2.08 bits per heavy atom. The van der Waals surface area contributed by atoms with E-state index in [0.717, 1.165) is 16.7 Å². The minimum Gasteiger partial charge on any atom is -0.480 e. The van der Waals surface area contributed by atoms with Crippen molar-refractivity contribution in [3.63, 3.8) is 0 Å². The quantitative estimate of drug-likeness (QED) is 0.497. The maximum atomic E-state index is 13.6. The van der Waals surface area contributed by atoms with E-state index in [4.69, 9.17) is 0 Å². The number of nitrogens with one attached hydrogen (secondary N) is 1. The van der Waals surface area contributed by atoms with Crippen LogP contribution in [0.4, 0.5) is 0 Å². The highest BCUT2D eigenvalue weighted by atomic mass is 16.4. The molecule has 2 aliphatic rings. The minimum absolute atomic E-state index is 0.0542. The van der Waals surface area contributed by atoms with Crippen molar-refractivity contribution in [2.75, 3.05) is 13.1 Å². The molecule has 2 saturated heterocycles. The van der Waals surface area contributed by atoms with E-state index in [-0.39, 0.29) is 11.8 Å². The lowest BCUT2D eigenvalue weighted by atomic mass is 9.93. The summed E-state index contributed by atoms with van der Waals surface area (Å²) in [4.78, 5) is 42.5. The number of carboxylic acid groups (broad SMARTS) is 1. The van der Waals surface area contributed by atoms with Crippen LogP contribution in [0.15, 0.2) is 84.9 Å². The van der Waals surface area contributed by atoms with Crippen molar-refractivity contribution in [2.24, 2.45) is 0 Å². The summed E-state index contributed by atoms with van der Waals surface area (Å²) in [5, 5.41) is 13.5. The topological polar surface area (TPSA) is 89.9 Å². The SMILES string of the molecule is CCC(C(=O)O)N1C(=O)C(Cc2ccccc2)NC12CCN(C(=O)c1ccc(-c3ccccc3)cc1)CC2. The molecule has 0 saturated carbocycles. The maximum Gasteiger partial charge on any atom is 0.326 e. The Bertz CT molecular complexity index is 1290. The van der Waals surface area contributed by atoms with E-state index < -0.39 is 23.7 Å². The van der Waals surface area contributed by atoms with Crippen molar-refractivity contribution in [3.8, 4) is 11.1 Å². The molecule has 7 nitrogen and oxygen atoms in total. The third kappa shape index (κ3) is 4.94. The predicted octanol–water partition coefficient (Wildman–Crippen LogP) is 4.19. The molecule has 2 amide bonds.